The van der Waals surface area contributed by atoms with Gasteiger partial charge in [0.05, 0.1) is 11.3 Å². The van der Waals surface area contributed by atoms with Crippen LogP contribution in [0.2, 0.25) is 0 Å². The molecule has 1 heterocycles. The summed E-state index contributed by atoms with van der Waals surface area (Å²) in [4.78, 5) is 29.8. The van der Waals surface area contributed by atoms with Gasteiger partial charge in [0, 0.05) is 24.7 Å². The normalized spacial score (nSPS) is 11.0. The Hall–Kier alpha value is -2.40. The van der Waals surface area contributed by atoms with E-state index in [2.05, 4.69) is 15.3 Å². The standard InChI is InChI=1S/C12H19N5O5S/c1-7(18)10-8(6-16-11(10)17-12(13)14)5-15-9(19)3-2-4-23(20,21)22/h6,16H,2-5H2,1H3,(H,15,19)(H4,13,14,17)(H,20,21,22). The summed E-state index contributed by atoms with van der Waals surface area (Å²) >= 11 is 0. The van der Waals surface area contributed by atoms with Crippen LogP contribution in [-0.2, 0) is 21.5 Å². The van der Waals surface area contributed by atoms with Crippen LogP contribution in [0.15, 0.2) is 11.2 Å². The van der Waals surface area contributed by atoms with Gasteiger partial charge in [0.25, 0.3) is 10.1 Å². The molecule has 1 amide bonds. The van der Waals surface area contributed by atoms with Crippen LogP contribution in [0.25, 0.3) is 0 Å². The number of ketones is 1. The fraction of sp³-hybridized carbons (Fsp3) is 0.417. The van der Waals surface area contributed by atoms with Gasteiger partial charge in [0.2, 0.25) is 5.91 Å². The molecule has 0 aliphatic rings. The van der Waals surface area contributed by atoms with E-state index < -0.39 is 21.8 Å². The first kappa shape index (κ1) is 18.6. The van der Waals surface area contributed by atoms with Crippen LogP contribution in [0.4, 0.5) is 5.82 Å². The number of aliphatic imine (C=N–C) groups is 1. The summed E-state index contributed by atoms with van der Waals surface area (Å²) in [6.07, 6.45) is 1.42. The van der Waals surface area contributed by atoms with Crippen molar-refractivity contribution in [1.29, 1.82) is 0 Å². The van der Waals surface area contributed by atoms with Crippen LogP contribution in [-0.4, -0.2) is 41.4 Å². The number of carbonyl (C=O) groups is 2. The Labute approximate surface area is 133 Å². The third-order valence-corrected chi connectivity index (χ3v) is 3.62. The zero-order chi connectivity index (χ0) is 17.6. The number of carbonyl (C=O) groups excluding carboxylic acids is 2. The van der Waals surface area contributed by atoms with Crippen molar-refractivity contribution < 1.29 is 22.6 Å². The molecule has 0 saturated carbocycles. The number of nitrogens with zero attached hydrogens (tertiary/aromatic N) is 1. The van der Waals surface area contributed by atoms with E-state index in [-0.39, 0.29) is 42.5 Å². The number of guanidine groups is 1. The van der Waals surface area contributed by atoms with Crippen LogP contribution in [0, 0.1) is 0 Å². The maximum atomic E-state index is 11.7. The van der Waals surface area contributed by atoms with E-state index in [1.165, 1.54) is 13.1 Å². The van der Waals surface area contributed by atoms with Crippen LogP contribution in [0.3, 0.4) is 0 Å². The number of nitrogens with one attached hydrogen (secondary N) is 2. The van der Waals surface area contributed by atoms with Crippen LogP contribution >= 0.6 is 0 Å². The fourth-order valence-corrected chi connectivity index (χ4v) is 2.41. The molecule has 1 rings (SSSR count). The monoisotopic (exact) mass is 345 g/mol. The highest BCUT2D eigenvalue weighted by atomic mass is 32.2. The zero-order valence-corrected chi connectivity index (χ0v) is 13.3. The lowest BCUT2D eigenvalue weighted by molar-refractivity contribution is -0.121. The smallest absolute Gasteiger partial charge is 0.264 e. The Morgan fingerprint density at radius 2 is 2.04 bits per heavy atom. The van der Waals surface area contributed by atoms with Gasteiger partial charge in [-0.15, -0.1) is 0 Å². The number of H-pyrrole nitrogens is 1. The minimum atomic E-state index is -4.08. The van der Waals surface area contributed by atoms with E-state index >= 15 is 0 Å². The van der Waals surface area contributed by atoms with Gasteiger partial charge in [0.15, 0.2) is 11.7 Å². The summed E-state index contributed by atoms with van der Waals surface area (Å²) in [5.41, 5.74) is 11.3. The molecular weight excluding hydrogens is 326 g/mol. The topological polar surface area (TPSA) is 181 Å². The lowest BCUT2D eigenvalue weighted by Gasteiger charge is -2.05. The molecule has 0 fully saturated rings. The Balaban J connectivity index is 2.68. The number of aromatic amines is 1. The average molecular weight is 345 g/mol. The first-order chi connectivity index (χ1) is 10.6. The van der Waals surface area contributed by atoms with Gasteiger partial charge in [-0.3, -0.25) is 14.1 Å². The van der Waals surface area contributed by atoms with Crippen molar-refractivity contribution in [2.45, 2.75) is 26.3 Å². The lowest BCUT2D eigenvalue weighted by atomic mass is 10.1. The minimum Gasteiger partial charge on any atom is -0.370 e. The first-order valence-corrected chi connectivity index (χ1v) is 8.23. The van der Waals surface area contributed by atoms with Crippen molar-refractivity contribution in [3.63, 3.8) is 0 Å². The summed E-state index contributed by atoms with van der Waals surface area (Å²) in [5, 5.41) is 2.55. The van der Waals surface area contributed by atoms with Crippen molar-refractivity contribution in [2.24, 2.45) is 16.5 Å². The Bertz CT molecular complexity index is 718. The number of nitrogens with two attached hydrogens (primary N) is 2. The third kappa shape index (κ3) is 6.48. The molecule has 1 aromatic rings. The maximum Gasteiger partial charge on any atom is 0.264 e. The van der Waals surface area contributed by atoms with Gasteiger partial charge in [0.1, 0.15) is 5.82 Å². The van der Waals surface area contributed by atoms with Crippen molar-refractivity contribution in [3.8, 4) is 0 Å². The van der Waals surface area contributed by atoms with Gasteiger partial charge in [-0.25, -0.2) is 0 Å². The minimum absolute atomic E-state index is 0.00335. The summed E-state index contributed by atoms with van der Waals surface area (Å²) in [6.45, 7) is 1.39. The summed E-state index contributed by atoms with van der Waals surface area (Å²) in [7, 11) is -4.08. The molecule has 10 nitrogen and oxygen atoms in total. The third-order valence-electron chi connectivity index (χ3n) is 2.82. The number of amides is 1. The lowest BCUT2D eigenvalue weighted by Crippen LogP contribution is -2.24. The number of rotatable bonds is 8. The van der Waals surface area contributed by atoms with E-state index in [1.807, 2.05) is 0 Å². The molecule has 0 spiro atoms. The molecule has 0 atom stereocenters. The number of hydrogen-bond donors (Lipinski definition) is 5. The largest absolute Gasteiger partial charge is 0.370 e. The van der Waals surface area contributed by atoms with Gasteiger partial charge >= 0.3 is 0 Å². The molecule has 23 heavy (non-hydrogen) atoms. The molecular formula is C12H19N5O5S. The molecule has 11 heteroatoms. The Morgan fingerprint density at radius 1 is 1.39 bits per heavy atom. The predicted octanol–water partition coefficient (Wildman–Crippen LogP) is -0.594. The maximum absolute atomic E-state index is 11.7. The molecule has 1 aromatic heterocycles. The molecule has 0 aliphatic heterocycles. The molecule has 0 aliphatic carbocycles. The van der Waals surface area contributed by atoms with Crippen LogP contribution in [0.5, 0.6) is 0 Å². The average Bonchev–Trinajstić information content (AvgIpc) is 2.76. The van der Waals surface area contributed by atoms with Crippen molar-refractivity contribution in [2.75, 3.05) is 5.75 Å². The SMILES string of the molecule is CC(=O)c1c(CNC(=O)CCCS(=O)(=O)O)c[nH]c1N=C(N)N. The highest BCUT2D eigenvalue weighted by Gasteiger charge is 2.16. The number of aromatic nitrogens is 1. The molecule has 0 radical (unpaired) electrons. The zero-order valence-electron chi connectivity index (χ0n) is 12.5. The van der Waals surface area contributed by atoms with Gasteiger partial charge in [-0.1, -0.05) is 0 Å². The van der Waals surface area contributed by atoms with Crippen molar-refractivity contribution in [1.82, 2.24) is 10.3 Å². The van der Waals surface area contributed by atoms with E-state index in [4.69, 9.17) is 16.0 Å². The van der Waals surface area contributed by atoms with Crippen molar-refractivity contribution >= 4 is 33.6 Å². The van der Waals surface area contributed by atoms with Gasteiger partial charge in [-0.05, 0) is 13.3 Å². The van der Waals surface area contributed by atoms with E-state index in [9.17, 15) is 18.0 Å². The molecule has 0 unspecified atom stereocenters. The highest BCUT2D eigenvalue weighted by molar-refractivity contribution is 7.85. The quantitative estimate of drug-likeness (QED) is 0.180. The first-order valence-electron chi connectivity index (χ1n) is 6.63. The van der Waals surface area contributed by atoms with Gasteiger partial charge < -0.3 is 21.8 Å². The highest BCUT2D eigenvalue weighted by Crippen LogP contribution is 2.22. The van der Waals surface area contributed by atoms with E-state index in [0.717, 1.165) is 0 Å². The van der Waals surface area contributed by atoms with Crippen molar-refractivity contribution in [3.05, 3.63) is 17.3 Å². The molecule has 0 bridgehead atoms. The Morgan fingerprint density at radius 3 is 2.57 bits per heavy atom. The molecule has 7 N–H and O–H groups in total. The number of hydrogen-bond acceptors (Lipinski definition) is 5. The number of Topliss-reactive ketones (excluding diaryl/α,β-unsaturated/α-hetero) is 1. The Kier molecular flexibility index (Phi) is 6.28. The van der Waals surface area contributed by atoms with Crippen LogP contribution in [0.1, 0.15) is 35.7 Å². The van der Waals surface area contributed by atoms with Gasteiger partial charge in [-0.2, -0.15) is 13.4 Å². The van der Waals surface area contributed by atoms with E-state index in [0.29, 0.717) is 5.56 Å². The molecule has 128 valence electrons. The summed E-state index contributed by atoms with van der Waals surface area (Å²) in [6, 6.07) is 0. The molecule has 0 saturated heterocycles. The predicted molar refractivity (Wildman–Crippen MR) is 83.8 cm³/mol. The fourth-order valence-electron chi connectivity index (χ4n) is 1.90. The second-order valence-corrected chi connectivity index (χ2v) is 6.37. The van der Waals surface area contributed by atoms with E-state index in [1.54, 1.807) is 0 Å². The second kappa shape index (κ2) is 7.74. The second-order valence-electron chi connectivity index (χ2n) is 4.80. The summed E-state index contributed by atoms with van der Waals surface area (Å²) in [5.74, 6) is -1.18. The summed E-state index contributed by atoms with van der Waals surface area (Å²) < 4.78 is 29.7. The molecule has 0 aromatic carbocycles. The van der Waals surface area contributed by atoms with Crippen LogP contribution < -0.4 is 16.8 Å².